The fourth-order valence-corrected chi connectivity index (χ4v) is 4.98. The Balaban J connectivity index is 0.000000404. The Labute approximate surface area is 231 Å². The highest BCUT2D eigenvalue weighted by Gasteiger charge is 2.30. The van der Waals surface area contributed by atoms with E-state index in [0.29, 0.717) is 6.42 Å². The van der Waals surface area contributed by atoms with Gasteiger partial charge in [0.25, 0.3) is 0 Å². The molecule has 0 bridgehead atoms. The van der Waals surface area contributed by atoms with Gasteiger partial charge in [0.15, 0.2) is 0 Å². The van der Waals surface area contributed by atoms with Crippen LogP contribution < -0.4 is 11.1 Å². The Morgan fingerprint density at radius 1 is 1.00 bits per heavy atom. The SMILES string of the molecule is CN(C)S(=O)(=O)n1ccnc1.CN(C)S(=O)(=O)n1ccnc1C(CCCc1ccccc1)NC(=O)C(C)(C)N. The molecule has 13 nitrogen and oxygen atoms in total. The molecule has 0 aliphatic carbocycles. The van der Waals surface area contributed by atoms with Gasteiger partial charge < -0.3 is 11.1 Å². The van der Waals surface area contributed by atoms with Gasteiger partial charge in [-0.2, -0.15) is 25.4 Å². The molecule has 3 aromatic rings. The van der Waals surface area contributed by atoms with Gasteiger partial charge in [-0.1, -0.05) is 30.3 Å². The smallest absolute Gasteiger partial charge is 0.308 e. The third-order valence-corrected chi connectivity index (χ3v) is 8.96. The predicted molar refractivity (Wildman–Crippen MR) is 149 cm³/mol. The molecule has 216 valence electrons. The number of nitrogens with two attached hydrogens (primary N) is 1. The van der Waals surface area contributed by atoms with Crippen molar-refractivity contribution in [1.29, 1.82) is 0 Å². The summed E-state index contributed by atoms with van der Waals surface area (Å²) in [6.45, 7) is 3.21. The first-order valence-corrected chi connectivity index (χ1v) is 14.9. The number of nitrogens with one attached hydrogen (secondary N) is 1. The molecule has 1 aromatic carbocycles. The number of carbonyl (C=O) groups is 1. The molecule has 0 saturated heterocycles. The van der Waals surface area contributed by atoms with Crippen molar-refractivity contribution in [3.63, 3.8) is 0 Å². The van der Waals surface area contributed by atoms with E-state index in [2.05, 4.69) is 15.3 Å². The molecule has 0 aliphatic heterocycles. The summed E-state index contributed by atoms with van der Waals surface area (Å²) in [6.07, 6.45) is 8.92. The largest absolute Gasteiger partial charge is 0.345 e. The Morgan fingerprint density at radius 3 is 2.13 bits per heavy atom. The third kappa shape index (κ3) is 8.69. The van der Waals surface area contributed by atoms with E-state index in [-0.39, 0.29) is 11.7 Å². The molecule has 0 spiro atoms. The topological polar surface area (TPSA) is 166 Å². The van der Waals surface area contributed by atoms with Crippen molar-refractivity contribution in [2.24, 2.45) is 5.73 Å². The highest BCUT2D eigenvalue weighted by Crippen LogP contribution is 2.21. The van der Waals surface area contributed by atoms with Gasteiger partial charge in [-0.15, -0.1) is 0 Å². The molecular weight excluding hydrogens is 544 g/mol. The first-order valence-electron chi connectivity index (χ1n) is 12.1. The highest BCUT2D eigenvalue weighted by molar-refractivity contribution is 7.87. The lowest BCUT2D eigenvalue weighted by Crippen LogP contribution is -2.50. The quantitative estimate of drug-likeness (QED) is 0.338. The fourth-order valence-electron chi connectivity index (χ4n) is 3.26. The number of carbonyl (C=O) groups excluding carboxylic acids is 1. The molecule has 0 fully saturated rings. The van der Waals surface area contributed by atoms with Crippen LogP contribution in [0.5, 0.6) is 0 Å². The Kier molecular flexibility index (Phi) is 10.9. The molecule has 2 aromatic heterocycles. The van der Waals surface area contributed by atoms with Crippen LogP contribution in [0.25, 0.3) is 0 Å². The van der Waals surface area contributed by atoms with Crippen LogP contribution in [0.1, 0.15) is 44.1 Å². The standard InChI is InChI=1S/C19H29N5O3S.C5H9N3O2S/c1-19(2,20)18(25)22-16(12-8-11-15-9-6-5-7-10-15)17-21-13-14-24(17)28(26,27)23(3)4;1-7(2)11(9,10)8-4-3-6-5-8/h5-7,9-10,13-14,16H,8,11-12,20H2,1-4H3,(H,22,25);3-5H,1-2H3. The van der Waals surface area contributed by atoms with Crippen LogP contribution in [-0.2, 0) is 31.6 Å². The van der Waals surface area contributed by atoms with Gasteiger partial charge in [-0.05, 0) is 38.7 Å². The lowest BCUT2D eigenvalue weighted by atomic mass is 10.0. The second kappa shape index (κ2) is 13.3. The summed E-state index contributed by atoms with van der Waals surface area (Å²) in [5.74, 6) is -0.103. The normalized spacial score (nSPS) is 13.2. The maximum Gasteiger partial charge on any atom is 0.308 e. The van der Waals surface area contributed by atoms with Gasteiger partial charge in [-0.25, -0.2) is 17.9 Å². The number of hydrogen-bond acceptors (Lipinski definition) is 8. The number of benzene rings is 1. The summed E-state index contributed by atoms with van der Waals surface area (Å²) in [4.78, 5) is 20.3. The van der Waals surface area contributed by atoms with E-state index >= 15 is 0 Å². The van der Waals surface area contributed by atoms with Gasteiger partial charge in [0.1, 0.15) is 12.2 Å². The van der Waals surface area contributed by atoms with Crippen LogP contribution in [0.4, 0.5) is 0 Å². The first kappa shape index (κ1) is 32.1. The van der Waals surface area contributed by atoms with Crippen LogP contribution in [0.2, 0.25) is 0 Å². The maximum atomic E-state index is 12.6. The van der Waals surface area contributed by atoms with Gasteiger partial charge >= 0.3 is 20.4 Å². The fraction of sp³-hybridized carbons (Fsp3) is 0.458. The molecule has 3 N–H and O–H groups in total. The molecule has 39 heavy (non-hydrogen) atoms. The molecule has 15 heteroatoms. The van der Waals surface area contributed by atoms with Crippen molar-refractivity contribution >= 4 is 26.3 Å². The lowest BCUT2D eigenvalue weighted by molar-refractivity contribution is -0.126. The van der Waals surface area contributed by atoms with Gasteiger partial charge in [0.05, 0.1) is 11.6 Å². The minimum absolute atomic E-state index is 0.263. The minimum Gasteiger partial charge on any atom is -0.345 e. The van der Waals surface area contributed by atoms with Gasteiger partial charge in [-0.3, -0.25) is 4.79 Å². The van der Waals surface area contributed by atoms with Crippen molar-refractivity contribution in [2.45, 2.75) is 44.7 Å². The number of aromatic nitrogens is 4. The van der Waals surface area contributed by atoms with Crippen LogP contribution in [0, 0.1) is 0 Å². The zero-order valence-electron chi connectivity index (χ0n) is 23.1. The number of imidazole rings is 2. The summed E-state index contributed by atoms with van der Waals surface area (Å²) < 4.78 is 52.1. The molecule has 0 radical (unpaired) electrons. The van der Waals surface area contributed by atoms with E-state index in [1.54, 1.807) is 13.8 Å². The summed E-state index contributed by atoms with van der Waals surface area (Å²) in [5.41, 5.74) is 6.00. The monoisotopic (exact) mass is 582 g/mol. The van der Waals surface area contributed by atoms with E-state index in [1.165, 1.54) is 64.9 Å². The molecular formula is C24H38N8O5S2. The average Bonchev–Trinajstić information content (AvgIpc) is 3.57. The van der Waals surface area contributed by atoms with E-state index in [4.69, 9.17) is 5.73 Å². The molecule has 2 heterocycles. The molecule has 0 saturated carbocycles. The molecule has 0 aliphatic rings. The van der Waals surface area contributed by atoms with Crippen molar-refractivity contribution in [3.8, 4) is 0 Å². The van der Waals surface area contributed by atoms with Crippen LogP contribution in [0.15, 0.2) is 61.4 Å². The van der Waals surface area contributed by atoms with E-state index < -0.39 is 32.0 Å². The van der Waals surface area contributed by atoms with Gasteiger partial charge in [0.2, 0.25) is 5.91 Å². The summed E-state index contributed by atoms with van der Waals surface area (Å²) in [5, 5.41) is 2.87. The Morgan fingerprint density at radius 2 is 1.62 bits per heavy atom. The summed E-state index contributed by atoms with van der Waals surface area (Å²) in [6, 6.07) is 9.40. The number of rotatable bonds is 11. The lowest BCUT2D eigenvalue weighted by Gasteiger charge is -2.25. The number of aryl methyl sites for hydroxylation is 1. The van der Waals surface area contributed by atoms with Crippen LogP contribution >= 0.6 is 0 Å². The third-order valence-electron chi connectivity index (χ3n) is 5.56. The van der Waals surface area contributed by atoms with Crippen molar-refractivity contribution in [1.82, 2.24) is 31.8 Å². The number of amides is 1. The molecule has 1 atom stereocenters. The molecule has 1 unspecified atom stereocenters. The molecule has 1 amide bonds. The number of hydrogen-bond donors (Lipinski definition) is 2. The van der Waals surface area contributed by atoms with E-state index in [9.17, 15) is 21.6 Å². The second-order valence-corrected chi connectivity index (χ2v) is 13.7. The van der Waals surface area contributed by atoms with Crippen molar-refractivity contribution in [3.05, 3.63) is 72.8 Å². The highest BCUT2D eigenvalue weighted by atomic mass is 32.2. The van der Waals surface area contributed by atoms with Crippen molar-refractivity contribution in [2.75, 3.05) is 28.2 Å². The van der Waals surface area contributed by atoms with E-state index in [1.807, 2.05) is 30.3 Å². The maximum absolute atomic E-state index is 12.6. The predicted octanol–water partition coefficient (Wildman–Crippen LogP) is 0.993. The van der Waals surface area contributed by atoms with E-state index in [0.717, 1.165) is 29.4 Å². The Bertz CT molecular complexity index is 1400. The Hall–Kier alpha value is -3.11. The second-order valence-electron chi connectivity index (χ2n) is 9.68. The first-order chi connectivity index (χ1) is 18.1. The molecule has 3 rings (SSSR count). The van der Waals surface area contributed by atoms with Crippen molar-refractivity contribution < 1.29 is 21.6 Å². The van der Waals surface area contributed by atoms with Gasteiger partial charge in [0, 0.05) is 53.0 Å². The zero-order chi connectivity index (χ0) is 29.4. The summed E-state index contributed by atoms with van der Waals surface area (Å²) >= 11 is 0. The van der Waals surface area contributed by atoms with Crippen LogP contribution in [-0.4, -0.2) is 83.0 Å². The minimum atomic E-state index is -3.75. The summed E-state index contributed by atoms with van der Waals surface area (Å²) in [7, 11) is -1.26. The van der Waals surface area contributed by atoms with Crippen LogP contribution in [0.3, 0.4) is 0 Å². The number of nitrogens with zero attached hydrogens (tertiary/aromatic N) is 6. The zero-order valence-corrected chi connectivity index (χ0v) is 24.7. The average molecular weight is 583 g/mol.